The Morgan fingerprint density at radius 2 is 2.00 bits per heavy atom. The van der Waals surface area contributed by atoms with E-state index in [2.05, 4.69) is 36.7 Å². The van der Waals surface area contributed by atoms with E-state index in [1.807, 2.05) is 11.3 Å². The van der Waals surface area contributed by atoms with Gasteiger partial charge in [0.15, 0.2) is 0 Å². The van der Waals surface area contributed by atoms with Crippen LogP contribution in [0.1, 0.15) is 63.3 Å². The Kier molecular flexibility index (Phi) is 5.05. The fourth-order valence-electron chi connectivity index (χ4n) is 2.99. The highest BCUT2D eigenvalue weighted by Gasteiger charge is 2.27. The van der Waals surface area contributed by atoms with Crippen LogP contribution in [0.5, 0.6) is 0 Å². The van der Waals surface area contributed by atoms with Gasteiger partial charge in [0.2, 0.25) is 0 Å². The van der Waals surface area contributed by atoms with Gasteiger partial charge in [0.25, 0.3) is 0 Å². The normalized spacial score (nSPS) is 19.0. The quantitative estimate of drug-likeness (QED) is 0.769. The minimum absolute atomic E-state index is 0.613. The number of hydrogen-bond donors (Lipinski definition) is 1. The van der Waals surface area contributed by atoms with E-state index in [0.717, 1.165) is 5.92 Å². The summed E-state index contributed by atoms with van der Waals surface area (Å²) in [5.74, 6) is 0.870. The second-order valence-electron chi connectivity index (χ2n) is 5.22. The molecule has 1 atom stereocenters. The first-order valence-electron chi connectivity index (χ1n) is 7.14. The van der Waals surface area contributed by atoms with Gasteiger partial charge in [-0.1, -0.05) is 32.8 Å². The molecule has 17 heavy (non-hydrogen) atoms. The van der Waals surface area contributed by atoms with Crippen LogP contribution in [0.4, 0.5) is 0 Å². The molecule has 0 radical (unpaired) electrons. The van der Waals surface area contributed by atoms with Crippen molar-refractivity contribution < 1.29 is 0 Å². The fraction of sp³-hybridized carbons (Fsp3) is 0.733. The van der Waals surface area contributed by atoms with Gasteiger partial charge in [0, 0.05) is 17.0 Å². The van der Waals surface area contributed by atoms with Crippen LogP contribution in [0, 0.1) is 5.92 Å². The zero-order chi connectivity index (χ0) is 12.1. The second kappa shape index (κ2) is 6.55. The number of hydrogen-bond acceptors (Lipinski definition) is 2. The van der Waals surface area contributed by atoms with Crippen LogP contribution in [0.15, 0.2) is 17.5 Å². The van der Waals surface area contributed by atoms with Gasteiger partial charge in [-0.25, -0.2) is 0 Å². The van der Waals surface area contributed by atoms with Crippen molar-refractivity contribution in [1.82, 2.24) is 5.32 Å². The second-order valence-corrected chi connectivity index (χ2v) is 6.20. The summed E-state index contributed by atoms with van der Waals surface area (Å²) in [6.45, 7) is 4.59. The topological polar surface area (TPSA) is 12.0 Å². The Balaban J connectivity index is 2.06. The van der Waals surface area contributed by atoms with Crippen LogP contribution in [-0.2, 0) is 0 Å². The summed E-state index contributed by atoms with van der Waals surface area (Å²) in [5.41, 5.74) is 0. The highest BCUT2D eigenvalue weighted by molar-refractivity contribution is 7.10. The molecule has 1 heterocycles. The van der Waals surface area contributed by atoms with E-state index in [0.29, 0.717) is 12.1 Å². The van der Waals surface area contributed by atoms with Crippen molar-refractivity contribution in [3.05, 3.63) is 22.4 Å². The molecule has 1 aromatic rings. The third-order valence-electron chi connectivity index (χ3n) is 4.12. The zero-order valence-electron chi connectivity index (χ0n) is 11.1. The Morgan fingerprint density at radius 3 is 2.53 bits per heavy atom. The Morgan fingerprint density at radius 1 is 1.29 bits per heavy atom. The van der Waals surface area contributed by atoms with Gasteiger partial charge in [-0.2, -0.15) is 0 Å². The minimum atomic E-state index is 0.613. The van der Waals surface area contributed by atoms with Crippen LogP contribution in [0.2, 0.25) is 0 Å². The molecule has 1 N–H and O–H groups in total. The maximum Gasteiger partial charge on any atom is 0.0445 e. The zero-order valence-corrected chi connectivity index (χ0v) is 11.9. The molecule has 1 aliphatic carbocycles. The van der Waals surface area contributed by atoms with E-state index >= 15 is 0 Å². The molecule has 2 rings (SSSR count). The molecule has 0 aliphatic heterocycles. The molecule has 96 valence electrons. The van der Waals surface area contributed by atoms with Crippen LogP contribution in [-0.4, -0.2) is 6.04 Å². The summed E-state index contributed by atoms with van der Waals surface area (Å²) in [6, 6.07) is 5.80. The van der Waals surface area contributed by atoms with Crippen LogP contribution < -0.4 is 5.32 Å². The van der Waals surface area contributed by atoms with E-state index < -0.39 is 0 Å². The Bertz CT molecular complexity index is 297. The predicted octanol–water partition coefficient (Wildman–Crippen LogP) is 4.76. The van der Waals surface area contributed by atoms with Crippen molar-refractivity contribution in [1.29, 1.82) is 0 Å². The van der Waals surface area contributed by atoms with E-state index in [-0.39, 0.29) is 0 Å². The molecule has 0 bridgehead atoms. The largest absolute Gasteiger partial charge is 0.306 e. The number of rotatable bonds is 6. The van der Waals surface area contributed by atoms with E-state index in [1.54, 1.807) is 4.88 Å². The molecular formula is C15H25NS. The molecule has 1 unspecified atom stereocenters. The minimum Gasteiger partial charge on any atom is -0.306 e. The third kappa shape index (κ3) is 3.32. The average molecular weight is 251 g/mol. The van der Waals surface area contributed by atoms with Gasteiger partial charge in [-0.3, -0.25) is 0 Å². The first-order chi connectivity index (χ1) is 8.35. The van der Waals surface area contributed by atoms with E-state index in [1.165, 1.54) is 38.5 Å². The van der Waals surface area contributed by atoms with Crippen molar-refractivity contribution in [2.45, 2.75) is 64.5 Å². The molecule has 1 fully saturated rings. The van der Waals surface area contributed by atoms with E-state index in [4.69, 9.17) is 0 Å². The smallest absolute Gasteiger partial charge is 0.0445 e. The molecule has 0 aromatic carbocycles. The lowest BCUT2D eigenvalue weighted by Crippen LogP contribution is -2.35. The van der Waals surface area contributed by atoms with Crippen LogP contribution in [0.25, 0.3) is 0 Å². The maximum atomic E-state index is 3.91. The molecular weight excluding hydrogens is 226 g/mol. The predicted molar refractivity (Wildman–Crippen MR) is 76.5 cm³/mol. The molecule has 0 amide bonds. The number of thiophene rings is 1. The summed E-state index contributed by atoms with van der Waals surface area (Å²) in [7, 11) is 0. The van der Waals surface area contributed by atoms with Gasteiger partial charge in [-0.05, 0) is 43.0 Å². The van der Waals surface area contributed by atoms with Crippen molar-refractivity contribution in [3.63, 3.8) is 0 Å². The van der Waals surface area contributed by atoms with Crippen LogP contribution >= 0.6 is 11.3 Å². The standard InChI is InChI=1S/C15H25NS/c1-3-13(4-2)16-15(12-8-5-6-9-12)14-10-7-11-17-14/h7,10-13,15-16H,3-6,8-9H2,1-2H3. The summed E-state index contributed by atoms with van der Waals surface area (Å²) < 4.78 is 0. The summed E-state index contributed by atoms with van der Waals surface area (Å²) in [5, 5.41) is 6.12. The Hall–Kier alpha value is -0.340. The van der Waals surface area contributed by atoms with Gasteiger partial charge >= 0.3 is 0 Å². The van der Waals surface area contributed by atoms with Gasteiger partial charge in [0.05, 0.1) is 0 Å². The van der Waals surface area contributed by atoms with Gasteiger partial charge in [-0.15, -0.1) is 11.3 Å². The highest BCUT2D eigenvalue weighted by atomic mass is 32.1. The monoisotopic (exact) mass is 251 g/mol. The Labute approximate surface area is 110 Å². The number of nitrogens with one attached hydrogen (secondary N) is 1. The molecule has 1 aromatic heterocycles. The molecule has 1 aliphatic rings. The fourth-order valence-corrected chi connectivity index (χ4v) is 3.87. The first kappa shape index (κ1) is 13.1. The lowest BCUT2D eigenvalue weighted by atomic mass is 9.95. The first-order valence-corrected chi connectivity index (χ1v) is 8.02. The average Bonchev–Trinajstić information content (AvgIpc) is 3.03. The lowest BCUT2D eigenvalue weighted by molar-refractivity contribution is 0.322. The maximum absolute atomic E-state index is 3.91. The molecule has 1 saturated carbocycles. The summed E-state index contributed by atoms with van der Waals surface area (Å²) in [6.07, 6.45) is 8.16. The SMILES string of the molecule is CCC(CC)NC(c1cccs1)C1CCCC1. The van der Waals surface area contributed by atoms with Gasteiger partial charge < -0.3 is 5.32 Å². The van der Waals surface area contributed by atoms with E-state index in [9.17, 15) is 0 Å². The molecule has 0 saturated heterocycles. The molecule has 0 spiro atoms. The van der Waals surface area contributed by atoms with Crippen molar-refractivity contribution >= 4 is 11.3 Å². The highest BCUT2D eigenvalue weighted by Crippen LogP contribution is 2.37. The van der Waals surface area contributed by atoms with Crippen molar-refractivity contribution in [2.24, 2.45) is 5.92 Å². The lowest BCUT2D eigenvalue weighted by Gasteiger charge is -2.28. The summed E-state index contributed by atoms with van der Waals surface area (Å²) >= 11 is 1.92. The van der Waals surface area contributed by atoms with Gasteiger partial charge in [0.1, 0.15) is 0 Å². The summed E-state index contributed by atoms with van der Waals surface area (Å²) in [4.78, 5) is 1.55. The van der Waals surface area contributed by atoms with Crippen molar-refractivity contribution in [3.8, 4) is 0 Å². The third-order valence-corrected chi connectivity index (χ3v) is 5.08. The van der Waals surface area contributed by atoms with Crippen LogP contribution in [0.3, 0.4) is 0 Å². The molecule has 1 nitrogen and oxygen atoms in total. The molecule has 2 heteroatoms. The van der Waals surface area contributed by atoms with Crippen molar-refractivity contribution in [2.75, 3.05) is 0 Å².